The summed E-state index contributed by atoms with van der Waals surface area (Å²) >= 11 is 0. The maximum atomic E-state index is 4.73. The fourth-order valence-electron chi connectivity index (χ4n) is 3.22. The number of likely N-dealkylation sites (tertiary alicyclic amines) is 1. The first-order chi connectivity index (χ1) is 12.2. The van der Waals surface area contributed by atoms with Gasteiger partial charge in [0.25, 0.3) is 0 Å². The summed E-state index contributed by atoms with van der Waals surface area (Å²) in [4.78, 5) is 7.32. The van der Waals surface area contributed by atoms with Gasteiger partial charge in [-0.2, -0.15) is 0 Å². The van der Waals surface area contributed by atoms with Gasteiger partial charge >= 0.3 is 0 Å². The average Bonchev–Trinajstić information content (AvgIpc) is 3.09. The number of guanidine groups is 1. The lowest BCUT2D eigenvalue weighted by atomic mass is 10.0. The van der Waals surface area contributed by atoms with Crippen LogP contribution in [0.2, 0.25) is 0 Å². The van der Waals surface area contributed by atoms with Crippen molar-refractivity contribution in [1.29, 1.82) is 0 Å². The Morgan fingerprint density at radius 1 is 1.19 bits per heavy atom. The van der Waals surface area contributed by atoms with E-state index >= 15 is 0 Å². The quantitative estimate of drug-likeness (QED) is 0.247. The molecule has 1 aliphatic rings. The van der Waals surface area contributed by atoms with Crippen LogP contribution in [-0.4, -0.2) is 64.4 Å². The highest BCUT2D eigenvalue weighted by Crippen LogP contribution is 2.12. The van der Waals surface area contributed by atoms with Crippen LogP contribution in [0.5, 0.6) is 0 Å². The molecule has 150 valence electrons. The molecule has 7 nitrogen and oxygen atoms in total. The number of unbranched alkanes of at least 4 members (excludes halogenated alkanes) is 1. The van der Waals surface area contributed by atoms with Gasteiger partial charge in [0, 0.05) is 45.3 Å². The van der Waals surface area contributed by atoms with Crippen LogP contribution >= 0.6 is 24.0 Å². The van der Waals surface area contributed by atoms with Crippen molar-refractivity contribution in [2.24, 2.45) is 10.9 Å². The molecule has 0 bridgehead atoms. The van der Waals surface area contributed by atoms with Crippen molar-refractivity contribution in [2.45, 2.75) is 59.0 Å². The van der Waals surface area contributed by atoms with Crippen molar-refractivity contribution < 1.29 is 0 Å². The molecule has 8 heteroatoms. The SMILES string of the molecule is CCNC(=NCCCCn1cnnc1)NC1CCN(CC(C)C)CC1.I. The molecule has 2 heterocycles. The largest absolute Gasteiger partial charge is 0.357 e. The molecule has 26 heavy (non-hydrogen) atoms. The average molecular weight is 477 g/mol. The Hall–Kier alpha value is -0.900. The van der Waals surface area contributed by atoms with Gasteiger partial charge in [-0.25, -0.2) is 0 Å². The lowest BCUT2D eigenvalue weighted by Gasteiger charge is -2.34. The third-order valence-corrected chi connectivity index (χ3v) is 4.46. The number of aromatic nitrogens is 3. The highest BCUT2D eigenvalue weighted by Gasteiger charge is 2.20. The molecule has 0 aliphatic carbocycles. The third-order valence-electron chi connectivity index (χ3n) is 4.46. The number of aliphatic imine (C=N–C) groups is 1. The lowest BCUT2D eigenvalue weighted by Crippen LogP contribution is -2.49. The number of halogens is 1. The Morgan fingerprint density at radius 3 is 2.50 bits per heavy atom. The Morgan fingerprint density at radius 2 is 1.88 bits per heavy atom. The zero-order chi connectivity index (χ0) is 17.9. The zero-order valence-corrected chi connectivity index (χ0v) is 18.9. The molecule has 1 aliphatic heterocycles. The van der Waals surface area contributed by atoms with Crippen LogP contribution in [0.15, 0.2) is 17.6 Å². The molecule has 1 aromatic heterocycles. The highest BCUT2D eigenvalue weighted by atomic mass is 127. The zero-order valence-electron chi connectivity index (χ0n) is 16.5. The van der Waals surface area contributed by atoms with E-state index in [4.69, 9.17) is 4.99 Å². The predicted octanol–water partition coefficient (Wildman–Crippen LogP) is 2.35. The highest BCUT2D eigenvalue weighted by molar-refractivity contribution is 14.0. The second kappa shape index (κ2) is 13.3. The molecule has 0 aromatic carbocycles. The molecule has 0 amide bonds. The van der Waals surface area contributed by atoms with E-state index in [2.05, 4.69) is 46.5 Å². The first-order valence-electron chi connectivity index (χ1n) is 9.77. The van der Waals surface area contributed by atoms with E-state index < -0.39 is 0 Å². The molecule has 0 unspecified atom stereocenters. The van der Waals surface area contributed by atoms with Crippen LogP contribution in [0, 0.1) is 5.92 Å². The van der Waals surface area contributed by atoms with Crippen molar-refractivity contribution >= 4 is 29.9 Å². The van der Waals surface area contributed by atoms with Crippen LogP contribution in [-0.2, 0) is 6.54 Å². The van der Waals surface area contributed by atoms with Crippen LogP contribution in [0.3, 0.4) is 0 Å². The molecule has 0 atom stereocenters. The van der Waals surface area contributed by atoms with Crippen LogP contribution in [0.4, 0.5) is 0 Å². The van der Waals surface area contributed by atoms with Crippen LogP contribution in [0.1, 0.15) is 46.5 Å². The van der Waals surface area contributed by atoms with Gasteiger partial charge in [0.15, 0.2) is 5.96 Å². The lowest BCUT2D eigenvalue weighted by molar-refractivity contribution is 0.187. The standard InChI is InChI=1S/C18H35N7.HI/c1-4-19-18(20-9-5-6-10-25-14-21-22-15-25)23-17-7-11-24(12-8-17)13-16(2)3;/h14-17H,4-13H2,1-3H3,(H2,19,20,23);1H. The summed E-state index contributed by atoms with van der Waals surface area (Å²) < 4.78 is 2.01. The molecule has 1 aromatic rings. The first-order valence-corrected chi connectivity index (χ1v) is 9.77. The summed E-state index contributed by atoms with van der Waals surface area (Å²) in [5.41, 5.74) is 0. The number of hydrogen-bond acceptors (Lipinski definition) is 4. The van der Waals surface area contributed by atoms with Gasteiger partial charge in [-0.15, -0.1) is 34.2 Å². The van der Waals surface area contributed by atoms with E-state index in [0.717, 1.165) is 44.4 Å². The number of piperidine rings is 1. The predicted molar refractivity (Wildman–Crippen MR) is 118 cm³/mol. The van der Waals surface area contributed by atoms with Crippen molar-refractivity contribution in [1.82, 2.24) is 30.3 Å². The van der Waals surface area contributed by atoms with E-state index in [1.165, 1.54) is 32.5 Å². The fraction of sp³-hybridized carbons (Fsp3) is 0.833. The minimum Gasteiger partial charge on any atom is -0.357 e. The summed E-state index contributed by atoms with van der Waals surface area (Å²) in [6.45, 7) is 13.0. The van der Waals surface area contributed by atoms with E-state index in [1.54, 1.807) is 12.7 Å². The van der Waals surface area contributed by atoms with Crippen molar-refractivity contribution in [3.63, 3.8) is 0 Å². The summed E-state index contributed by atoms with van der Waals surface area (Å²) in [6, 6.07) is 0.540. The molecule has 1 fully saturated rings. The van der Waals surface area contributed by atoms with Gasteiger partial charge in [-0.05, 0) is 38.5 Å². The maximum Gasteiger partial charge on any atom is 0.191 e. The first kappa shape index (κ1) is 23.1. The van der Waals surface area contributed by atoms with Gasteiger partial charge in [0.05, 0.1) is 0 Å². The third kappa shape index (κ3) is 9.16. The van der Waals surface area contributed by atoms with Crippen LogP contribution in [0.25, 0.3) is 0 Å². The molecule has 2 rings (SSSR count). The van der Waals surface area contributed by atoms with E-state index in [9.17, 15) is 0 Å². The van der Waals surface area contributed by atoms with Crippen molar-refractivity contribution in [3.8, 4) is 0 Å². The normalized spacial score (nSPS) is 16.5. The minimum atomic E-state index is 0. The van der Waals surface area contributed by atoms with Gasteiger partial charge < -0.3 is 20.1 Å². The van der Waals surface area contributed by atoms with Gasteiger partial charge in [-0.1, -0.05) is 13.8 Å². The van der Waals surface area contributed by atoms with Crippen molar-refractivity contribution in [3.05, 3.63) is 12.7 Å². The summed E-state index contributed by atoms with van der Waals surface area (Å²) in [7, 11) is 0. The maximum absolute atomic E-state index is 4.73. The number of aryl methyl sites for hydroxylation is 1. The molecule has 1 saturated heterocycles. The number of nitrogens with one attached hydrogen (secondary N) is 2. The monoisotopic (exact) mass is 477 g/mol. The summed E-state index contributed by atoms with van der Waals surface area (Å²) in [6.07, 6.45) is 8.09. The molecule has 0 radical (unpaired) electrons. The summed E-state index contributed by atoms with van der Waals surface area (Å²) in [5.74, 6) is 1.72. The van der Waals surface area contributed by atoms with E-state index in [-0.39, 0.29) is 24.0 Å². The Balaban J connectivity index is 0.00000338. The Bertz CT molecular complexity index is 482. The van der Waals surface area contributed by atoms with Gasteiger partial charge in [0.1, 0.15) is 12.7 Å². The Kier molecular flexibility index (Phi) is 11.8. The molecular weight excluding hydrogens is 441 g/mol. The Labute approximate surface area is 175 Å². The van der Waals surface area contributed by atoms with Crippen molar-refractivity contribution in [2.75, 3.05) is 32.7 Å². The fourth-order valence-corrected chi connectivity index (χ4v) is 3.22. The van der Waals surface area contributed by atoms with Gasteiger partial charge in [0.2, 0.25) is 0 Å². The number of hydrogen-bond donors (Lipinski definition) is 2. The number of nitrogens with zero attached hydrogens (tertiary/aromatic N) is 5. The van der Waals surface area contributed by atoms with E-state index in [0.29, 0.717) is 6.04 Å². The molecular formula is C18H36IN7. The second-order valence-corrected chi connectivity index (χ2v) is 7.28. The van der Waals surface area contributed by atoms with Gasteiger partial charge in [-0.3, -0.25) is 4.99 Å². The van der Waals surface area contributed by atoms with Crippen LogP contribution < -0.4 is 10.6 Å². The minimum absolute atomic E-state index is 0. The molecule has 0 saturated carbocycles. The topological polar surface area (TPSA) is 70.4 Å². The number of rotatable bonds is 9. The van der Waals surface area contributed by atoms with E-state index in [1.807, 2.05) is 4.57 Å². The molecule has 0 spiro atoms. The smallest absolute Gasteiger partial charge is 0.191 e. The molecule has 2 N–H and O–H groups in total. The summed E-state index contributed by atoms with van der Waals surface area (Å²) in [5, 5.41) is 14.6. The second-order valence-electron chi connectivity index (χ2n) is 7.28.